The van der Waals surface area contributed by atoms with Gasteiger partial charge in [-0.15, -0.1) is 0 Å². The lowest BCUT2D eigenvalue weighted by molar-refractivity contribution is -0.192. The van der Waals surface area contributed by atoms with Crippen molar-refractivity contribution in [3.63, 3.8) is 0 Å². The van der Waals surface area contributed by atoms with Crippen LogP contribution in [0.2, 0.25) is 0 Å². The molecule has 2 aliphatic heterocycles. The number of primary amides is 3. The monoisotopic (exact) mass is 1690 g/mol. The molecule has 36 nitrogen and oxygen atoms in total. The van der Waals surface area contributed by atoms with Crippen LogP contribution in [0, 0.1) is 5.41 Å². The van der Waals surface area contributed by atoms with Gasteiger partial charge in [0.2, 0.25) is 76.8 Å². The van der Waals surface area contributed by atoms with Crippen molar-refractivity contribution in [2.75, 3.05) is 38.2 Å². The number of halogens is 3. The highest BCUT2D eigenvalue weighted by atomic mass is 32.2. The number of benzene rings is 4. The fourth-order valence-corrected chi connectivity index (χ4v) is 14.8. The number of unbranched alkanes of at least 4 members (excludes halogenated alkanes) is 1. The zero-order chi connectivity index (χ0) is 87.3. The standard InChI is InChI=1S/C78H103N21O13S.C2HF3O2/c1-113-36-31-55(67(83)102)90-71(106)60(38-45-41-87-52-20-8-5-17-48(45)52)97-73(108)62(40-47-43-89-54-22-10-7-19-50(47)54)96-70(105)59(37-44-15-3-2-4-16-44)94-72(107)61(39-46-42-88-53-21-9-6-18-49(46)53)95-69(104)56(26-28-65(81)100)91-68(103)57(27-29-66(82)101)92-74(109)64-25-14-35-99(64)77(112)58(23-11-12-32-79)93-75(110)63-24-13-34-98(63)76(111)51(80)30-33-86-78(84)85;3-2(4,5)1(6)7/h2-10,15-22,41-43,51,55-64,87-89H,11-14,23-40,79-80H2,1H3,(H2,81,100)(H2,82,101)(H2,83,102)(H,90,106)(H,91,103)(H,92,109)(H,93,110)(H,94,107)(H,95,104)(H,96,105)(H,97,108)(H4,84,85,86);(H,6,7)/t51-,55-,56-,57-,58-,59-,60+,61+,62+,63-,64-;/m0./s1. The molecular formula is C80H104F3N21O15S. The number of fused-ring (bicyclic) bond motifs is 3. The van der Waals surface area contributed by atoms with Crippen molar-refractivity contribution in [3.8, 4) is 0 Å². The molecule has 0 aliphatic carbocycles. The smallest absolute Gasteiger partial charge is 0.475 e. The number of aromatic amines is 3. The number of alkyl halides is 3. The van der Waals surface area contributed by atoms with Gasteiger partial charge >= 0.3 is 12.1 Å². The SMILES string of the molecule is CSCC[C@H](NC(=O)[C@@H](Cc1c[nH]c2ccccc12)NC(=O)[C@@H](Cc1c[nH]c2ccccc12)NC(=O)[C@H](Cc1ccccc1)NC(=O)[C@@H](Cc1c[nH]c2ccccc12)NC(=O)[C@H](CCC(N)=O)NC(=O)[C@H](CCC(N)=O)NC(=O)[C@@H]1CCCN1C(=O)[C@H](CCCCN)NC(=O)[C@@H]1CCCN1C(=O)[C@@H](N)CCNC(=N)N)C(N)=O.O=C(O)C(F)(F)F. The number of hydrogen-bond donors (Lipinski definition) is 20. The molecule has 13 amide bonds. The molecule has 0 spiro atoms. The lowest BCUT2D eigenvalue weighted by atomic mass is 9.99. The van der Waals surface area contributed by atoms with E-state index >= 15 is 19.2 Å². The second kappa shape index (κ2) is 44.8. The van der Waals surface area contributed by atoms with Crippen LogP contribution in [0.4, 0.5) is 13.2 Å². The highest BCUT2D eigenvalue weighted by Crippen LogP contribution is 2.27. The van der Waals surface area contributed by atoms with Gasteiger partial charge in [0.05, 0.1) is 6.04 Å². The average Bonchev–Trinajstić information content (AvgIpc) is 1.65. The number of guanidine groups is 1. The topological polar surface area (TPSA) is 601 Å². The summed E-state index contributed by atoms with van der Waals surface area (Å²) in [6, 6.07) is 15.5. The number of nitrogens with two attached hydrogens (primary N) is 6. The summed E-state index contributed by atoms with van der Waals surface area (Å²) in [7, 11) is 0. The van der Waals surface area contributed by atoms with E-state index < -0.39 is 181 Å². The molecular weight excluding hydrogens is 1580 g/mol. The Hall–Kier alpha value is -12.6. The van der Waals surface area contributed by atoms with Gasteiger partial charge in [0, 0.05) is 109 Å². The van der Waals surface area contributed by atoms with Crippen molar-refractivity contribution in [2.24, 2.45) is 34.4 Å². The van der Waals surface area contributed by atoms with E-state index in [-0.39, 0.29) is 89.9 Å². The van der Waals surface area contributed by atoms with Crippen molar-refractivity contribution in [2.45, 2.75) is 182 Å². The first kappa shape index (κ1) is 92.9. The predicted molar refractivity (Wildman–Crippen MR) is 439 cm³/mol. The highest BCUT2D eigenvalue weighted by Gasteiger charge is 2.44. The summed E-state index contributed by atoms with van der Waals surface area (Å²) in [4.78, 5) is 207. The third kappa shape index (κ3) is 27.0. The fourth-order valence-electron chi connectivity index (χ4n) is 14.3. The van der Waals surface area contributed by atoms with Crippen LogP contribution in [0.1, 0.15) is 106 Å². The van der Waals surface area contributed by atoms with Gasteiger partial charge in [-0.1, -0.05) is 84.9 Å². The maximum absolute atomic E-state index is 15.5. The first-order chi connectivity index (χ1) is 57.2. The predicted octanol–water partition coefficient (Wildman–Crippen LogP) is -0.00633. The summed E-state index contributed by atoms with van der Waals surface area (Å²) in [5.41, 5.74) is 39.0. The van der Waals surface area contributed by atoms with Gasteiger partial charge in [-0.25, -0.2) is 4.79 Å². The fraction of sp³-hybridized carbons (Fsp3) is 0.438. The largest absolute Gasteiger partial charge is 0.490 e. The van der Waals surface area contributed by atoms with Gasteiger partial charge in [0.15, 0.2) is 5.96 Å². The molecule has 0 radical (unpaired) electrons. The minimum atomic E-state index is -5.08. The molecule has 9 rings (SSSR count). The molecule has 40 heteroatoms. The lowest BCUT2D eigenvalue weighted by Crippen LogP contribution is -2.61. The van der Waals surface area contributed by atoms with Crippen LogP contribution < -0.4 is 82.3 Å². The number of likely N-dealkylation sites (tertiary alicyclic amines) is 2. The van der Waals surface area contributed by atoms with Crippen LogP contribution in [-0.4, -0.2) is 229 Å². The number of amides is 13. The summed E-state index contributed by atoms with van der Waals surface area (Å²) in [6.45, 7) is 0.677. The summed E-state index contributed by atoms with van der Waals surface area (Å²) in [6.07, 6.45) is 1.61. The third-order valence-electron chi connectivity index (χ3n) is 20.6. The van der Waals surface area contributed by atoms with E-state index in [4.69, 9.17) is 49.7 Å². The zero-order valence-corrected chi connectivity index (χ0v) is 66.8. The van der Waals surface area contributed by atoms with Gasteiger partial charge in [0.25, 0.3) is 0 Å². The van der Waals surface area contributed by atoms with Crippen LogP contribution in [0.5, 0.6) is 0 Å². The van der Waals surface area contributed by atoms with Crippen LogP contribution >= 0.6 is 11.8 Å². The second-order valence-electron chi connectivity index (χ2n) is 29.3. The van der Waals surface area contributed by atoms with Crippen molar-refractivity contribution in [3.05, 3.63) is 144 Å². The average molecular weight is 1690 g/mol. The molecule has 646 valence electrons. The number of hydrogen-bond acceptors (Lipinski definition) is 18. The van der Waals surface area contributed by atoms with E-state index in [9.17, 15) is 56.3 Å². The van der Waals surface area contributed by atoms with Crippen LogP contribution in [-0.2, 0) is 92.8 Å². The Labute approximate surface area is 691 Å². The molecule has 11 atom stereocenters. The molecule has 0 unspecified atom stereocenters. The summed E-state index contributed by atoms with van der Waals surface area (Å²) >= 11 is 1.44. The summed E-state index contributed by atoms with van der Waals surface area (Å²) in [5.74, 6) is -13.2. The van der Waals surface area contributed by atoms with Crippen molar-refractivity contribution >= 4 is 133 Å². The minimum absolute atomic E-state index is 0.0512. The number of carbonyl (C=O) groups is 14. The van der Waals surface area contributed by atoms with E-state index in [2.05, 4.69) is 62.8 Å². The first-order valence-electron chi connectivity index (χ1n) is 39.2. The molecule has 2 fully saturated rings. The number of carboxylic acid groups (broad SMARTS) is 1. The number of thioether (sulfide) groups is 1. The second-order valence-corrected chi connectivity index (χ2v) is 30.3. The van der Waals surface area contributed by atoms with E-state index in [1.54, 1.807) is 79.3 Å². The van der Waals surface area contributed by atoms with Gasteiger partial charge in [-0.05, 0) is 130 Å². The van der Waals surface area contributed by atoms with Crippen LogP contribution in [0.15, 0.2) is 122 Å². The Morgan fingerprint density at radius 2 is 0.867 bits per heavy atom. The van der Waals surface area contributed by atoms with Crippen molar-refractivity contribution < 1.29 is 85.4 Å². The molecule has 2 aliphatic rings. The lowest BCUT2D eigenvalue weighted by Gasteiger charge is -2.32. The molecule has 120 heavy (non-hydrogen) atoms. The maximum Gasteiger partial charge on any atom is 0.490 e. The van der Waals surface area contributed by atoms with E-state index in [0.29, 0.717) is 75.5 Å². The quantitative estimate of drug-likeness (QED) is 0.0136. The maximum atomic E-state index is 15.5. The Kier molecular flexibility index (Phi) is 34.7. The molecule has 2 saturated heterocycles. The summed E-state index contributed by atoms with van der Waals surface area (Å²) < 4.78 is 31.7. The number of aromatic nitrogens is 3. The third-order valence-corrected chi connectivity index (χ3v) is 21.2. The number of nitrogens with one attached hydrogen (secondary N) is 13. The number of carboxylic acids is 1. The number of nitrogens with zero attached hydrogens (tertiary/aromatic N) is 2. The molecule has 0 bridgehead atoms. The minimum Gasteiger partial charge on any atom is -0.475 e. The van der Waals surface area contributed by atoms with E-state index in [1.165, 1.54) is 21.6 Å². The highest BCUT2D eigenvalue weighted by molar-refractivity contribution is 7.98. The Bertz CT molecular complexity index is 4790. The first-order valence-corrected chi connectivity index (χ1v) is 40.6. The number of H-pyrrole nitrogens is 3. The molecule has 0 saturated carbocycles. The zero-order valence-electron chi connectivity index (χ0n) is 66.0. The van der Waals surface area contributed by atoms with Gasteiger partial charge in [-0.2, -0.15) is 24.9 Å². The van der Waals surface area contributed by atoms with Crippen molar-refractivity contribution in [1.29, 1.82) is 5.41 Å². The van der Waals surface area contributed by atoms with Gasteiger partial charge in [-0.3, -0.25) is 67.7 Å². The van der Waals surface area contributed by atoms with Gasteiger partial charge in [0.1, 0.15) is 60.4 Å². The molecule has 7 aromatic rings. The van der Waals surface area contributed by atoms with Crippen LogP contribution in [0.3, 0.4) is 0 Å². The number of para-hydroxylation sites is 3. The Morgan fingerprint density at radius 3 is 1.27 bits per heavy atom. The molecule has 3 aromatic heterocycles. The normalized spacial score (nSPS) is 16.1. The number of carbonyl (C=O) groups excluding carboxylic acids is 13. The number of aliphatic carboxylic acids is 1. The van der Waals surface area contributed by atoms with Crippen LogP contribution in [0.25, 0.3) is 32.7 Å². The summed E-state index contributed by atoms with van der Waals surface area (Å²) in [5, 5.41) is 41.5. The molecule has 5 heterocycles. The Morgan fingerprint density at radius 1 is 0.492 bits per heavy atom. The van der Waals surface area contributed by atoms with Crippen molar-refractivity contribution in [1.82, 2.24) is 72.6 Å². The van der Waals surface area contributed by atoms with E-state index in [1.807, 2.05) is 48.7 Å². The molecule has 4 aromatic carbocycles. The number of rotatable bonds is 43. The Balaban J connectivity index is 0.00000245. The van der Waals surface area contributed by atoms with E-state index in [0.717, 1.165) is 10.9 Å². The molecule has 26 N–H and O–H groups in total. The van der Waals surface area contributed by atoms with Gasteiger partial charge < -0.3 is 112 Å².